The maximum atomic E-state index is 13.0. The number of ether oxygens (including phenoxy) is 1. The van der Waals surface area contributed by atoms with Crippen LogP contribution in [0.25, 0.3) is 0 Å². The number of rotatable bonds is 5. The van der Waals surface area contributed by atoms with Gasteiger partial charge in [-0.2, -0.15) is 13.2 Å². The third-order valence-electron chi connectivity index (χ3n) is 6.03. The van der Waals surface area contributed by atoms with Gasteiger partial charge in [-0.3, -0.25) is 4.79 Å². The lowest BCUT2D eigenvalue weighted by molar-refractivity contribution is -0.122. The molecule has 1 heterocycles. The summed E-state index contributed by atoms with van der Waals surface area (Å²) in [5.74, 6) is 1.20. The smallest absolute Gasteiger partial charge is 0.446 e. The zero-order valence-corrected chi connectivity index (χ0v) is 19.4. The molecule has 0 amide bonds. The van der Waals surface area contributed by atoms with Crippen LogP contribution in [0, 0.1) is 11.8 Å². The van der Waals surface area contributed by atoms with E-state index in [4.69, 9.17) is 4.74 Å². The summed E-state index contributed by atoms with van der Waals surface area (Å²) in [6, 6.07) is 6.26. The first kappa shape index (κ1) is 24.5. The summed E-state index contributed by atoms with van der Waals surface area (Å²) in [4.78, 5) is 15.4. The minimum atomic E-state index is -4.31. The van der Waals surface area contributed by atoms with Gasteiger partial charge in [0.05, 0.1) is 12.8 Å². The summed E-state index contributed by atoms with van der Waals surface area (Å²) in [6.07, 6.45) is 7.34. The quantitative estimate of drug-likeness (QED) is 0.463. The third-order valence-corrected chi connectivity index (χ3v) is 6.77. The normalized spacial score (nSPS) is 24.7. The van der Waals surface area contributed by atoms with E-state index in [2.05, 4.69) is 18.4 Å². The van der Waals surface area contributed by atoms with Crippen molar-refractivity contribution in [3.8, 4) is 0 Å². The van der Waals surface area contributed by atoms with Gasteiger partial charge in [-0.15, -0.1) is 0 Å². The Labute approximate surface area is 192 Å². The molecule has 0 spiro atoms. The number of nitrogens with zero attached hydrogens (tertiary/aromatic N) is 1. The Morgan fingerprint density at radius 2 is 1.84 bits per heavy atom. The highest BCUT2D eigenvalue weighted by Gasteiger charge is 2.29. The largest absolute Gasteiger partial charge is 0.495 e. The zero-order chi connectivity index (χ0) is 23.3. The number of likely N-dealkylation sites (tertiary alicyclic amines) is 1. The highest BCUT2D eigenvalue weighted by Crippen LogP contribution is 2.37. The monoisotopic (exact) mass is 465 g/mol. The zero-order valence-electron chi connectivity index (χ0n) is 18.6. The van der Waals surface area contributed by atoms with Crippen molar-refractivity contribution in [3.63, 3.8) is 0 Å². The van der Waals surface area contributed by atoms with E-state index in [1.807, 2.05) is 12.2 Å². The molecule has 1 atom stereocenters. The average Bonchev–Trinajstić information content (AvgIpc) is 2.78. The summed E-state index contributed by atoms with van der Waals surface area (Å²) in [5.41, 5.74) is -1.64. The van der Waals surface area contributed by atoms with Gasteiger partial charge in [0.1, 0.15) is 11.5 Å². The fourth-order valence-corrected chi connectivity index (χ4v) is 4.74. The van der Waals surface area contributed by atoms with Crippen LogP contribution in [-0.2, 0) is 16.0 Å². The molecule has 1 fully saturated rings. The molecule has 1 aromatic carbocycles. The first-order valence-electron chi connectivity index (χ1n) is 10.9. The van der Waals surface area contributed by atoms with Crippen LogP contribution in [-0.4, -0.2) is 36.4 Å². The van der Waals surface area contributed by atoms with Crippen LogP contribution in [0.5, 0.6) is 0 Å². The van der Waals surface area contributed by atoms with Crippen molar-refractivity contribution in [2.45, 2.75) is 49.4 Å². The van der Waals surface area contributed by atoms with Gasteiger partial charge in [-0.25, -0.2) is 0 Å². The molecule has 174 valence electrons. The summed E-state index contributed by atoms with van der Waals surface area (Å²) in [7, 11) is 1.62. The fraction of sp³-hybridized carbons (Fsp3) is 0.480. The molecule has 32 heavy (non-hydrogen) atoms. The number of halogens is 3. The molecule has 1 saturated heterocycles. The van der Waals surface area contributed by atoms with Crippen LogP contribution in [0.1, 0.15) is 38.2 Å². The molecule has 1 aliphatic heterocycles. The number of carbonyl (C=O) groups excluding carboxylic acids is 1. The highest BCUT2D eigenvalue weighted by atomic mass is 32.2. The van der Waals surface area contributed by atoms with Crippen LogP contribution < -0.4 is 0 Å². The first-order valence-corrected chi connectivity index (χ1v) is 11.7. The number of piperidine rings is 1. The van der Waals surface area contributed by atoms with Crippen LogP contribution in [0.4, 0.5) is 13.2 Å². The third kappa shape index (κ3) is 6.92. The van der Waals surface area contributed by atoms with E-state index >= 15 is 0 Å². The van der Waals surface area contributed by atoms with E-state index in [-0.39, 0.29) is 34.8 Å². The second-order valence-electron chi connectivity index (χ2n) is 8.60. The summed E-state index contributed by atoms with van der Waals surface area (Å²) >= 11 is -0.133. The minimum absolute atomic E-state index is 0.0800. The maximum absolute atomic E-state index is 13.0. The summed E-state index contributed by atoms with van der Waals surface area (Å²) in [6.45, 7) is 8.35. The summed E-state index contributed by atoms with van der Waals surface area (Å²) in [5, 5.41) is 0. The number of allylic oxidation sites excluding steroid dienone is 3. The number of carbonyl (C=O) groups is 1. The van der Waals surface area contributed by atoms with Crippen molar-refractivity contribution >= 4 is 17.5 Å². The Hall–Kier alpha value is -2.15. The van der Waals surface area contributed by atoms with Crippen LogP contribution >= 0.6 is 11.8 Å². The number of Topliss-reactive ketones (excluding diaryl/α,β-unsaturated/α-hetero) is 1. The maximum Gasteiger partial charge on any atom is 0.446 e. The number of alkyl halides is 3. The lowest BCUT2D eigenvalue weighted by atomic mass is 9.88. The van der Waals surface area contributed by atoms with Gasteiger partial charge in [0.2, 0.25) is 0 Å². The molecule has 1 aliphatic carbocycles. The Kier molecular flexibility index (Phi) is 8.15. The Bertz CT molecular complexity index is 881. The van der Waals surface area contributed by atoms with Gasteiger partial charge in [-0.1, -0.05) is 31.2 Å². The van der Waals surface area contributed by atoms with Crippen molar-refractivity contribution < 1.29 is 22.7 Å². The summed E-state index contributed by atoms with van der Waals surface area (Å²) < 4.78 is 43.3. The van der Waals surface area contributed by atoms with Gasteiger partial charge in [0.15, 0.2) is 0 Å². The lowest BCUT2D eigenvalue weighted by Gasteiger charge is -2.34. The first-order chi connectivity index (χ1) is 15.1. The molecule has 3 nitrogen and oxygen atoms in total. The van der Waals surface area contributed by atoms with Gasteiger partial charge < -0.3 is 9.64 Å². The van der Waals surface area contributed by atoms with E-state index in [0.717, 1.165) is 42.8 Å². The molecule has 0 radical (unpaired) electrons. The molecule has 1 unspecified atom stereocenters. The molecular formula is C25H30F3NO2S. The molecule has 0 aromatic heterocycles. The highest BCUT2D eigenvalue weighted by molar-refractivity contribution is 8.00. The van der Waals surface area contributed by atoms with Gasteiger partial charge >= 0.3 is 5.51 Å². The SMILES string of the molecule is C=C1/C=C(N2CCC(C)CC2)\C(OC)=C/CC(=O)C(Cc2ccc(SC(F)(F)F)cc2)C1. The Morgan fingerprint density at radius 1 is 1.19 bits per heavy atom. The standard InChI is InChI=1S/C25H30F3NO2S/c1-17-10-12-29(13-11-17)22-15-18(2)14-20(23(30)8-9-24(22)31-3)16-19-4-6-21(7-5-19)32-25(26,27)28/h4-7,9,15,17,20H,2,8,10-14,16H2,1,3H3/b22-15+,24-9+. The van der Waals surface area contributed by atoms with Gasteiger partial charge in [0.25, 0.3) is 0 Å². The van der Waals surface area contributed by atoms with E-state index in [1.54, 1.807) is 19.2 Å². The van der Waals surface area contributed by atoms with Gasteiger partial charge in [0, 0.05) is 30.3 Å². The molecule has 2 aliphatic rings. The number of hydrogen-bond acceptors (Lipinski definition) is 4. The molecule has 0 bridgehead atoms. The van der Waals surface area contributed by atoms with E-state index < -0.39 is 5.51 Å². The molecule has 3 rings (SSSR count). The van der Waals surface area contributed by atoms with Crippen molar-refractivity contribution in [1.82, 2.24) is 4.90 Å². The fourth-order valence-electron chi connectivity index (χ4n) is 4.20. The number of benzene rings is 1. The molecular weight excluding hydrogens is 435 g/mol. The number of ketones is 1. The van der Waals surface area contributed by atoms with Crippen LogP contribution in [0.3, 0.4) is 0 Å². The second-order valence-corrected chi connectivity index (χ2v) is 9.74. The van der Waals surface area contributed by atoms with E-state index in [9.17, 15) is 18.0 Å². The minimum Gasteiger partial charge on any atom is -0.495 e. The molecule has 0 saturated carbocycles. The Morgan fingerprint density at radius 3 is 2.44 bits per heavy atom. The van der Waals surface area contributed by atoms with Gasteiger partial charge in [-0.05, 0) is 73.2 Å². The lowest BCUT2D eigenvalue weighted by Crippen LogP contribution is -2.33. The van der Waals surface area contributed by atoms with E-state index in [0.29, 0.717) is 24.5 Å². The predicted molar refractivity (Wildman–Crippen MR) is 122 cm³/mol. The topological polar surface area (TPSA) is 29.5 Å². The number of methoxy groups -OCH3 is 1. The van der Waals surface area contributed by atoms with Crippen molar-refractivity contribution in [2.24, 2.45) is 11.8 Å². The predicted octanol–water partition coefficient (Wildman–Crippen LogP) is 6.52. The van der Waals surface area contributed by atoms with E-state index in [1.165, 1.54) is 12.1 Å². The van der Waals surface area contributed by atoms with Crippen LogP contribution in [0.15, 0.2) is 64.9 Å². The van der Waals surface area contributed by atoms with Crippen molar-refractivity contribution in [1.29, 1.82) is 0 Å². The van der Waals surface area contributed by atoms with Crippen LogP contribution in [0.2, 0.25) is 0 Å². The molecule has 1 aromatic rings. The van der Waals surface area contributed by atoms with Crippen molar-refractivity contribution in [3.05, 3.63) is 65.6 Å². The number of thioether (sulfide) groups is 1. The second kappa shape index (κ2) is 10.6. The number of hydrogen-bond donors (Lipinski definition) is 0. The van der Waals surface area contributed by atoms with Crippen molar-refractivity contribution in [2.75, 3.05) is 20.2 Å². The Balaban J connectivity index is 1.76. The molecule has 7 heteroatoms. The molecule has 0 N–H and O–H groups in total. The average molecular weight is 466 g/mol.